The summed E-state index contributed by atoms with van der Waals surface area (Å²) in [7, 11) is 0. The zero-order chi connectivity index (χ0) is 12.8. The predicted molar refractivity (Wildman–Crippen MR) is 69.8 cm³/mol. The number of nitriles is 1. The summed E-state index contributed by atoms with van der Waals surface area (Å²) in [6, 6.07) is 12.1. The molecule has 1 fully saturated rings. The number of nitrogens with one attached hydrogen (secondary N) is 1. The lowest BCUT2D eigenvalue weighted by molar-refractivity contribution is -0.123. The molecule has 1 aromatic rings. The molecule has 0 heterocycles. The molecule has 0 unspecified atom stereocenters. The summed E-state index contributed by atoms with van der Waals surface area (Å²) in [5.41, 5.74) is 0.857. The minimum absolute atomic E-state index is 0.144. The molecule has 0 aromatic heterocycles. The van der Waals surface area contributed by atoms with Crippen molar-refractivity contribution in [3.8, 4) is 6.07 Å². The summed E-state index contributed by atoms with van der Waals surface area (Å²) in [5, 5.41) is 11.4. The lowest BCUT2D eigenvalue weighted by Gasteiger charge is -2.15. The number of rotatable bonds is 6. The van der Waals surface area contributed by atoms with Crippen LogP contribution in [0.3, 0.4) is 0 Å². The number of unbranched alkanes of at least 4 members (excludes halogenated alkanes) is 2. The van der Waals surface area contributed by atoms with Gasteiger partial charge in [0.1, 0.15) is 0 Å². The van der Waals surface area contributed by atoms with Crippen molar-refractivity contribution in [2.75, 3.05) is 6.54 Å². The number of hydrogen-bond acceptors (Lipinski definition) is 2. The van der Waals surface area contributed by atoms with Crippen LogP contribution in [0.25, 0.3) is 0 Å². The average molecular weight is 242 g/mol. The van der Waals surface area contributed by atoms with Crippen LogP contribution in [0.4, 0.5) is 0 Å². The molecule has 18 heavy (non-hydrogen) atoms. The van der Waals surface area contributed by atoms with Crippen molar-refractivity contribution in [3.05, 3.63) is 35.9 Å². The molecule has 2 rings (SSSR count). The summed E-state index contributed by atoms with van der Waals surface area (Å²) in [6.07, 6.45) is 4.20. The molecule has 1 saturated carbocycles. The van der Waals surface area contributed by atoms with E-state index in [-0.39, 0.29) is 11.3 Å². The Morgan fingerprint density at radius 1 is 1.28 bits per heavy atom. The van der Waals surface area contributed by atoms with Crippen LogP contribution in [0, 0.1) is 11.3 Å². The molecule has 0 radical (unpaired) electrons. The van der Waals surface area contributed by atoms with Gasteiger partial charge in [-0.15, -0.1) is 0 Å². The third kappa shape index (κ3) is 2.70. The summed E-state index contributed by atoms with van der Waals surface area (Å²) in [4.78, 5) is 12.2. The van der Waals surface area contributed by atoms with Crippen molar-refractivity contribution in [2.45, 2.75) is 37.5 Å². The van der Waals surface area contributed by atoms with Crippen molar-refractivity contribution in [2.24, 2.45) is 0 Å². The molecule has 0 bridgehead atoms. The number of nitrogens with zero attached hydrogens (tertiary/aromatic N) is 1. The monoisotopic (exact) mass is 242 g/mol. The van der Waals surface area contributed by atoms with E-state index >= 15 is 0 Å². The third-order valence-corrected chi connectivity index (χ3v) is 3.51. The first-order valence-electron chi connectivity index (χ1n) is 6.50. The second-order valence-electron chi connectivity index (χ2n) is 4.82. The largest absolute Gasteiger partial charge is 0.355 e. The highest BCUT2D eigenvalue weighted by Crippen LogP contribution is 2.48. The topological polar surface area (TPSA) is 52.9 Å². The fourth-order valence-electron chi connectivity index (χ4n) is 2.23. The van der Waals surface area contributed by atoms with Crippen molar-refractivity contribution in [1.29, 1.82) is 5.26 Å². The van der Waals surface area contributed by atoms with Crippen molar-refractivity contribution in [1.82, 2.24) is 5.32 Å². The Balaban J connectivity index is 1.84. The Morgan fingerprint density at radius 3 is 2.61 bits per heavy atom. The molecular formula is C15H18N2O. The summed E-state index contributed by atoms with van der Waals surface area (Å²) < 4.78 is 0. The minimum atomic E-state index is -0.267. The highest BCUT2D eigenvalue weighted by molar-refractivity contribution is 5.91. The lowest BCUT2D eigenvalue weighted by atomic mass is 9.95. The highest BCUT2D eigenvalue weighted by atomic mass is 16.2. The van der Waals surface area contributed by atoms with Gasteiger partial charge in [-0.2, -0.15) is 5.26 Å². The fraction of sp³-hybridized carbons (Fsp3) is 0.467. The van der Waals surface area contributed by atoms with Crippen LogP contribution in [0.15, 0.2) is 30.3 Å². The van der Waals surface area contributed by atoms with E-state index in [1.54, 1.807) is 0 Å². The average Bonchev–Trinajstić information content (AvgIpc) is 3.21. The highest BCUT2D eigenvalue weighted by Gasteiger charge is 2.50. The second-order valence-corrected chi connectivity index (χ2v) is 4.82. The summed E-state index contributed by atoms with van der Waals surface area (Å²) in [5.74, 6) is 0.144. The third-order valence-electron chi connectivity index (χ3n) is 3.51. The van der Waals surface area contributed by atoms with Crippen LogP contribution < -0.4 is 5.32 Å². The van der Waals surface area contributed by atoms with E-state index in [9.17, 15) is 4.79 Å². The standard InChI is InChI=1S/C15H18N2O/c16-11-5-2-6-12-17-14(18)15(9-10-15)13-7-3-1-4-8-13/h1,3-4,7-8H,2,5-6,9-10,12H2,(H,17,18). The van der Waals surface area contributed by atoms with E-state index in [2.05, 4.69) is 11.4 Å². The molecule has 0 saturated heterocycles. The molecule has 1 amide bonds. The van der Waals surface area contributed by atoms with Gasteiger partial charge < -0.3 is 5.32 Å². The number of hydrogen-bond donors (Lipinski definition) is 1. The Bertz CT molecular complexity index is 443. The van der Waals surface area contributed by atoms with Crippen LogP contribution in [-0.4, -0.2) is 12.5 Å². The molecule has 3 heteroatoms. The Hall–Kier alpha value is -1.82. The molecule has 0 atom stereocenters. The smallest absolute Gasteiger partial charge is 0.230 e. The summed E-state index contributed by atoms with van der Waals surface area (Å²) in [6.45, 7) is 0.676. The van der Waals surface area contributed by atoms with E-state index in [1.165, 1.54) is 0 Å². The van der Waals surface area contributed by atoms with E-state index < -0.39 is 0 Å². The van der Waals surface area contributed by atoms with E-state index in [0.717, 1.165) is 31.2 Å². The zero-order valence-corrected chi connectivity index (χ0v) is 10.5. The van der Waals surface area contributed by atoms with Crippen molar-refractivity contribution in [3.63, 3.8) is 0 Å². The maximum absolute atomic E-state index is 12.2. The number of benzene rings is 1. The minimum Gasteiger partial charge on any atom is -0.355 e. The van der Waals surface area contributed by atoms with E-state index in [4.69, 9.17) is 5.26 Å². The second kappa shape index (κ2) is 5.68. The first-order chi connectivity index (χ1) is 8.79. The van der Waals surface area contributed by atoms with Crippen LogP contribution in [0.2, 0.25) is 0 Å². The van der Waals surface area contributed by atoms with Gasteiger partial charge in [0.25, 0.3) is 0 Å². The fourth-order valence-corrected chi connectivity index (χ4v) is 2.23. The molecule has 1 aliphatic rings. The van der Waals surface area contributed by atoms with Gasteiger partial charge in [0.15, 0.2) is 0 Å². The van der Waals surface area contributed by atoms with Gasteiger partial charge in [-0.3, -0.25) is 4.79 Å². The van der Waals surface area contributed by atoms with Crippen LogP contribution in [0.1, 0.15) is 37.7 Å². The maximum Gasteiger partial charge on any atom is 0.230 e. The Kier molecular flexibility index (Phi) is 3.99. The van der Waals surface area contributed by atoms with Crippen LogP contribution >= 0.6 is 0 Å². The molecule has 0 spiro atoms. The van der Waals surface area contributed by atoms with E-state index in [0.29, 0.717) is 13.0 Å². The normalized spacial score (nSPS) is 15.7. The molecular weight excluding hydrogens is 224 g/mol. The van der Waals surface area contributed by atoms with Gasteiger partial charge in [0.2, 0.25) is 5.91 Å². The Labute approximate surface area is 108 Å². The molecule has 1 aromatic carbocycles. The van der Waals surface area contributed by atoms with Crippen molar-refractivity contribution >= 4 is 5.91 Å². The van der Waals surface area contributed by atoms with Gasteiger partial charge in [0.05, 0.1) is 11.5 Å². The quantitative estimate of drug-likeness (QED) is 0.779. The van der Waals surface area contributed by atoms with Gasteiger partial charge >= 0.3 is 0 Å². The number of carbonyl (C=O) groups excluding carboxylic acids is 1. The molecule has 1 N–H and O–H groups in total. The van der Waals surface area contributed by atoms with Crippen molar-refractivity contribution < 1.29 is 4.79 Å². The SMILES string of the molecule is N#CCCCCNC(=O)C1(c2ccccc2)CC1. The van der Waals surface area contributed by atoms with Crippen LogP contribution in [-0.2, 0) is 10.2 Å². The molecule has 3 nitrogen and oxygen atoms in total. The van der Waals surface area contributed by atoms with E-state index in [1.807, 2.05) is 30.3 Å². The number of amides is 1. The number of carbonyl (C=O) groups is 1. The van der Waals surface area contributed by atoms with Gasteiger partial charge in [-0.25, -0.2) is 0 Å². The molecule has 94 valence electrons. The first kappa shape index (κ1) is 12.6. The molecule has 0 aliphatic heterocycles. The Morgan fingerprint density at radius 2 is 2.00 bits per heavy atom. The van der Waals surface area contributed by atoms with Crippen LogP contribution in [0.5, 0.6) is 0 Å². The predicted octanol–water partition coefficient (Wildman–Crippen LogP) is 2.53. The zero-order valence-electron chi connectivity index (χ0n) is 10.5. The first-order valence-corrected chi connectivity index (χ1v) is 6.50. The van der Waals surface area contributed by atoms with Gasteiger partial charge in [0, 0.05) is 13.0 Å². The summed E-state index contributed by atoms with van der Waals surface area (Å²) >= 11 is 0. The lowest BCUT2D eigenvalue weighted by Crippen LogP contribution is -2.35. The van der Waals surface area contributed by atoms with Gasteiger partial charge in [-0.05, 0) is 31.2 Å². The maximum atomic E-state index is 12.2. The van der Waals surface area contributed by atoms with Gasteiger partial charge in [-0.1, -0.05) is 30.3 Å². The molecule has 1 aliphatic carbocycles.